The zero-order valence-corrected chi connectivity index (χ0v) is 11.0. The Bertz CT molecular complexity index is 463. The molecule has 0 spiro atoms. The maximum Gasteiger partial charge on any atom is 0.307 e. The molecule has 0 bridgehead atoms. The highest BCUT2D eigenvalue weighted by atomic mass is 16.5. The number of aryl methyl sites for hydroxylation is 1. The Morgan fingerprint density at radius 2 is 2.28 bits per heavy atom. The van der Waals surface area contributed by atoms with Gasteiger partial charge in [-0.05, 0) is 38.5 Å². The van der Waals surface area contributed by atoms with E-state index in [1.807, 2.05) is 19.9 Å². The molecule has 0 radical (unpaired) electrons. The monoisotopic (exact) mass is 246 g/mol. The summed E-state index contributed by atoms with van der Waals surface area (Å²) in [6, 6.07) is 7.52. The van der Waals surface area contributed by atoms with Crippen molar-refractivity contribution in [3.63, 3.8) is 0 Å². The molecule has 0 saturated heterocycles. The maximum absolute atomic E-state index is 11.3. The lowest BCUT2D eigenvalue weighted by Crippen LogP contribution is -2.21. The Morgan fingerprint density at radius 1 is 1.56 bits per heavy atom. The number of nitriles is 1. The van der Waals surface area contributed by atoms with Crippen LogP contribution in [0.25, 0.3) is 0 Å². The Kier molecular flexibility index (Phi) is 5.19. The minimum absolute atomic E-state index is 0.0308. The zero-order chi connectivity index (χ0) is 13.5. The number of nitrogens with one attached hydrogen (secondary N) is 1. The minimum atomic E-state index is -0.216. The van der Waals surface area contributed by atoms with Crippen molar-refractivity contribution < 1.29 is 9.53 Å². The summed E-state index contributed by atoms with van der Waals surface area (Å²) >= 11 is 0. The number of carbonyl (C=O) groups excluding carboxylic acids is 1. The van der Waals surface area contributed by atoms with E-state index < -0.39 is 0 Å². The average Bonchev–Trinajstić information content (AvgIpc) is 2.32. The molecule has 0 aromatic heterocycles. The van der Waals surface area contributed by atoms with Gasteiger partial charge in [0.25, 0.3) is 0 Å². The van der Waals surface area contributed by atoms with E-state index in [9.17, 15) is 4.79 Å². The smallest absolute Gasteiger partial charge is 0.307 e. The zero-order valence-electron chi connectivity index (χ0n) is 11.0. The number of anilines is 1. The fourth-order valence-corrected chi connectivity index (χ4v) is 1.63. The highest BCUT2D eigenvalue weighted by Gasteiger charge is 2.10. The predicted molar refractivity (Wildman–Crippen MR) is 70.2 cm³/mol. The molecule has 4 nitrogen and oxygen atoms in total. The summed E-state index contributed by atoms with van der Waals surface area (Å²) in [5, 5.41) is 12.1. The molecule has 0 heterocycles. The Labute approximate surface area is 108 Å². The molecule has 0 aliphatic carbocycles. The van der Waals surface area contributed by atoms with Crippen molar-refractivity contribution in [1.82, 2.24) is 0 Å². The van der Waals surface area contributed by atoms with Crippen molar-refractivity contribution in [2.45, 2.75) is 33.2 Å². The Balaban J connectivity index is 2.67. The van der Waals surface area contributed by atoms with Crippen molar-refractivity contribution in [3.8, 4) is 6.07 Å². The van der Waals surface area contributed by atoms with E-state index in [1.165, 1.54) is 0 Å². The molecule has 1 atom stereocenters. The number of hydrogen-bond donors (Lipinski definition) is 1. The van der Waals surface area contributed by atoms with Gasteiger partial charge in [0.1, 0.15) is 0 Å². The second kappa shape index (κ2) is 6.65. The molecular weight excluding hydrogens is 228 g/mol. The van der Waals surface area contributed by atoms with E-state index in [0.29, 0.717) is 18.6 Å². The lowest BCUT2D eigenvalue weighted by atomic mass is 10.1. The largest absolute Gasteiger partial charge is 0.466 e. The van der Waals surface area contributed by atoms with Crippen molar-refractivity contribution >= 4 is 11.7 Å². The molecule has 0 saturated carbocycles. The number of hydrogen-bond acceptors (Lipinski definition) is 4. The highest BCUT2D eigenvalue weighted by Crippen LogP contribution is 2.18. The SMILES string of the molecule is CCOC(=O)CC(C)Nc1cc(C#N)ccc1C. The summed E-state index contributed by atoms with van der Waals surface area (Å²) in [6.45, 7) is 6.06. The van der Waals surface area contributed by atoms with Crippen LogP contribution in [0.3, 0.4) is 0 Å². The summed E-state index contributed by atoms with van der Waals surface area (Å²) in [7, 11) is 0. The molecular formula is C14H18N2O2. The second-order valence-corrected chi connectivity index (χ2v) is 4.20. The van der Waals surface area contributed by atoms with E-state index in [1.54, 1.807) is 19.1 Å². The normalized spacial score (nSPS) is 11.4. The van der Waals surface area contributed by atoms with Gasteiger partial charge in [0, 0.05) is 11.7 Å². The topological polar surface area (TPSA) is 62.1 Å². The first kappa shape index (κ1) is 14.0. The third kappa shape index (κ3) is 4.10. The van der Waals surface area contributed by atoms with Gasteiger partial charge in [-0.1, -0.05) is 6.07 Å². The molecule has 0 aliphatic rings. The first-order valence-corrected chi connectivity index (χ1v) is 5.99. The quantitative estimate of drug-likeness (QED) is 0.811. The van der Waals surface area contributed by atoms with E-state index in [-0.39, 0.29) is 12.0 Å². The van der Waals surface area contributed by atoms with Gasteiger partial charge >= 0.3 is 5.97 Å². The van der Waals surface area contributed by atoms with Crippen molar-refractivity contribution in [2.75, 3.05) is 11.9 Å². The van der Waals surface area contributed by atoms with Gasteiger partial charge in [-0.15, -0.1) is 0 Å². The molecule has 4 heteroatoms. The van der Waals surface area contributed by atoms with Crippen molar-refractivity contribution in [2.24, 2.45) is 0 Å². The first-order valence-electron chi connectivity index (χ1n) is 5.99. The molecule has 1 aromatic carbocycles. The number of ether oxygens (including phenoxy) is 1. The molecule has 1 unspecified atom stereocenters. The highest BCUT2D eigenvalue weighted by molar-refractivity contribution is 5.71. The number of esters is 1. The molecule has 18 heavy (non-hydrogen) atoms. The third-order valence-corrected chi connectivity index (χ3v) is 2.55. The Hall–Kier alpha value is -2.02. The molecule has 0 aliphatic heterocycles. The van der Waals surface area contributed by atoms with Crippen LogP contribution < -0.4 is 5.32 Å². The van der Waals surface area contributed by atoms with Crippen LogP contribution >= 0.6 is 0 Å². The van der Waals surface area contributed by atoms with Gasteiger partial charge in [-0.2, -0.15) is 5.26 Å². The van der Waals surface area contributed by atoms with Crippen LogP contribution in [0.4, 0.5) is 5.69 Å². The Morgan fingerprint density at radius 3 is 2.89 bits per heavy atom. The van der Waals surface area contributed by atoms with Crippen LogP contribution in [0.5, 0.6) is 0 Å². The summed E-state index contributed by atoms with van der Waals surface area (Å²) in [6.07, 6.45) is 0.310. The van der Waals surface area contributed by atoms with Crippen LogP contribution in [0.15, 0.2) is 18.2 Å². The number of nitrogens with zero attached hydrogens (tertiary/aromatic N) is 1. The third-order valence-electron chi connectivity index (χ3n) is 2.55. The van der Waals surface area contributed by atoms with Crippen molar-refractivity contribution in [1.29, 1.82) is 5.26 Å². The van der Waals surface area contributed by atoms with E-state index >= 15 is 0 Å². The second-order valence-electron chi connectivity index (χ2n) is 4.20. The minimum Gasteiger partial charge on any atom is -0.466 e. The van der Waals surface area contributed by atoms with Crippen molar-refractivity contribution in [3.05, 3.63) is 29.3 Å². The van der Waals surface area contributed by atoms with E-state index in [0.717, 1.165) is 11.3 Å². The summed E-state index contributed by atoms with van der Waals surface area (Å²) in [4.78, 5) is 11.3. The van der Waals surface area contributed by atoms with Gasteiger partial charge in [-0.3, -0.25) is 4.79 Å². The number of benzene rings is 1. The average molecular weight is 246 g/mol. The van der Waals surface area contributed by atoms with Crippen LogP contribution in [0.2, 0.25) is 0 Å². The summed E-state index contributed by atoms with van der Waals surface area (Å²) in [5.74, 6) is -0.216. The predicted octanol–water partition coefficient (Wildman–Crippen LogP) is 2.62. The van der Waals surface area contributed by atoms with Gasteiger partial charge in [0.2, 0.25) is 0 Å². The van der Waals surface area contributed by atoms with E-state index in [4.69, 9.17) is 10.00 Å². The fraction of sp³-hybridized carbons (Fsp3) is 0.429. The molecule has 1 N–H and O–H groups in total. The van der Waals surface area contributed by atoms with E-state index in [2.05, 4.69) is 11.4 Å². The maximum atomic E-state index is 11.3. The molecule has 1 rings (SSSR count). The van der Waals surface area contributed by atoms with Crippen LogP contribution in [-0.2, 0) is 9.53 Å². The van der Waals surface area contributed by atoms with Gasteiger partial charge in [0.15, 0.2) is 0 Å². The lowest BCUT2D eigenvalue weighted by molar-refractivity contribution is -0.143. The molecule has 0 amide bonds. The summed E-state index contributed by atoms with van der Waals surface area (Å²) < 4.78 is 4.89. The summed E-state index contributed by atoms with van der Waals surface area (Å²) in [5.41, 5.74) is 2.53. The van der Waals surface area contributed by atoms with Gasteiger partial charge in [-0.25, -0.2) is 0 Å². The van der Waals surface area contributed by atoms with Gasteiger partial charge in [0.05, 0.1) is 24.7 Å². The van der Waals surface area contributed by atoms with Crippen LogP contribution in [0.1, 0.15) is 31.4 Å². The number of carbonyl (C=O) groups is 1. The molecule has 0 fully saturated rings. The van der Waals surface area contributed by atoms with Crippen LogP contribution in [0, 0.1) is 18.3 Å². The first-order chi connectivity index (χ1) is 8.56. The molecule has 1 aromatic rings. The molecule has 96 valence electrons. The number of rotatable bonds is 5. The fourth-order valence-electron chi connectivity index (χ4n) is 1.63. The lowest BCUT2D eigenvalue weighted by Gasteiger charge is -2.16. The van der Waals surface area contributed by atoms with Crippen LogP contribution in [-0.4, -0.2) is 18.6 Å². The standard InChI is InChI=1S/C14H18N2O2/c1-4-18-14(17)7-11(3)16-13-8-12(9-15)6-5-10(13)2/h5-6,8,11,16H,4,7H2,1-3H3. The van der Waals surface area contributed by atoms with Gasteiger partial charge < -0.3 is 10.1 Å².